The Balaban J connectivity index is 1.75. The number of rotatable bonds is 3. The second-order valence-corrected chi connectivity index (χ2v) is 7.40. The van der Waals surface area contributed by atoms with E-state index in [9.17, 15) is 9.59 Å². The van der Waals surface area contributed by atoms with Crippen molar-refractivity contribution in [3.63, 3.8) is 0 Å². The molecule has 6 heteroatoms. The van der Waals surface area contributed by atoms with Gasteiger partial charge in [0.1, 0.15) is 4.83 Å². The van der Waals surface area contributed by atoms with Gasteiger partial charge in [-0.05, 0) is 30.9 Å². The quantitative estimate of drug-likeness (QED) is 0.727. The van der Waals surface area contributed by atoms with E-state index in [0.717, 1.165) is 37.1 Å². The lowest BCUT2D eigenvalue weighted by molar-refractivity contribution is 0.0797. The van der Waals surface area contributed by atoms with Crippen LogP contribution in [0.1, 0.15) is 33.6 Å². The molecular formula is C19H19N3O2S. The first-order chi connectivity index (χ1) is 12.1. The maximum absolute atomic E-state index is 12.9. The monoisotopic (exact) mass is 353 g/mol. The summed E-state index contributed by atoms with van der Waals surface area (Å²) in [6, 6.07) is 9.83. The fourth-order valence-electron chi connectivity index (χ4n) is 3.32. The summed E-state index contributed by atoms with van der Waals surface area (Å²) in [7, 11) is 0. The van der Waals surface area contributed by atoms with Crippen LogP contribution in [0, 0.1) is 6.92 Å². The number of fused-ring (bicyclic) bond motifs is 1. The highest BCUT2D eigenvalue weighted by molar-refractivity contribution is 7.20. The van der Waals surface area contributed by atoms with Crippen LogP contribution in [0.15, 0.2) is 41.5 Å². The van der Waals surface area contributed by atoms with Crippen LogP contribution in [-0.2, 0) is 6.54 Å². The molecule has 25 heavy (non-hydrogen) atoms. The van der Waals surface area contributed by atoms with Crippen molar-refractivity contribution in [2.75, 3.05) is 13.1 Å². The molecule has 0 radical (unpaired) electrons. The number of hydrogen-bond acceptors (Lipinski definition) is 4. The Bertz CT molecular complexity index is 985. The van der Waals surface area contributed by atoms with Crippen LogP contribution in [0.4, 0.5) is 0 Å². The zero-order valence-corrected chi connectivity index (χ0v) is 14.9. The second kappa shape index (κ2) is 6.44. The Hall–Kier alpha value is -2.47. The Morgan fingerprint density at radius 2 is 1.92 bits per heavy atom. The molecule has 0 N–H and O–H groups in total. The summed E-state index contributed by atoms with van der Waals surface area (Å²) in [4.78, 5) is 33.3. The SMILES string of the molecule is Cc1c(C(=O)N2CCCC2)sc2ncn(Cc3ccccc3)c(=O)c12. The number of nitrogens with zero attached hydrogens (tertiary/aromatic N) is 3. The number of aryl methyl sites for hydroxylation is 1. The molecule has 2 aromatic heterocycles. The smallest absolute Gasteiger partial charge is 0.264 e. The van der Waals surface area contributed by atoms with Gasteiger partial charge in [0.2, 0.25) is 0 Å². The van der Waals surface area contributed by atoms with Crippen LogP contribution in [0.25, 0.3) is 10.2 Å². The number of hydrogen-bond donors (Lipinski definition) is 0. The molecule has 1 aromatic carbocycles. The summed E-state index contributed by atoms with van der Waals surface area (Å²) in [5.41, 5.74) is 1.73. The van der Waals surface area contributed by atoms with Crippen molar-refractivity contribution >= 4 is 27.5 Å². The van der Waals surface area contributed by atoms with Crippen molar-refractivity contribution in [2.45, 2.75) is 26.3 Å². The summed E-state index contributed by atoms with van der Waals surface area (Å²) in [5, 5.41) is 0.575. The molecule has 0 bridgehead atoms. The van der Waals surface area contributed by atoms with Gasteiger partial charge in [0.15, 0.2) is 0 Å². The van der Waals surface area contributed by atoms with Gasteiger partial charge in [-0.1, -0.05) is 30.3 Å². The van der Waals surface area contributed by atoms with E-state index in [1.807, 2.05) is 42.2 Å². The predicted molar refractivity (Wildman–Crippen MR) is 99.3 cm³/mol. The van der Waals surface area contributed by atoms with Crippen LogP contribution in [0.2, 0.25) is 0 Å². The average Bonchev–Trinajstić information content (AvgIpc) is 3.26. The van der Waals surface area contributed by atoms with Crippen molar-refractivity contribution in [3.8, 4) is 0 Å². The van der Waals surface area contributed by atoms with Gasteiger partial charge in [0, 0.05) is 13.1 Å². The van der Waals surface area contributed by atoms with Crippen molar-refractivity contribution in [1.82, 2.24) is 14.5 Å². The maximum atomic E-state index is 12.9. The number of likely N-dealkylation sites (tertiary alicyclic amines) is 1. The zero-order valence-electron chi connectivity index (χ0n) is 14.1. The standard InChI is InChI=1S/C19H19N3O2S/c1-13-15-17(25-16(13)19(24)21-9-5-6-10-21)20-12-22(18(15)23)11-14-7-3-2-4-8-14/h2-4,7-8,12H,5-6,9-11H2,1H3. The van der Waals surface area contributed by atoms with Crippen LogP contribution in [0.3, 0.4) is 0 Å². The third kappa shape index (κ3) is 2.87. The molecule has 0 aliphatic carbocycles. The van der Waals surface area contributed by atoms with Gasteiger partial charge in [-0.15, -0.1) is 11.3 Å². The largest absolute Gasteiger partial charge is 0.338 e. The second-order valence-electron chi connectivity index (χ2n) is 6.40. The molecule has 1 aliphatic rings. The van der Waals surface area contributed by atoms with Crippen LogP contribution >= 0.6 is 11.3 Å². The predicted octanol–water partition coefficient (Wildman–Crippen LogP) is 3.05. The van der Waals surface area contributed by atoms with E-state index in [0.29, 0.717) is 21.6 Å². The Labute approximate surface area is 149 Å². The third-order valence-electron chi connectivity index (χ3n) is 4.70. The summed E-state index contributed by atoms with van der Waals surface area (Å²) in [6.45, 7) is 3.95. The molecule has 0 atom stereocenters. The van der Waals surface area contributed by atoms with Crippen LogP contribution in [-0.4, -0.2) is 33.4 Å². The fraction of sp³-hybridized carbons (Fsp3) is 0.316. The van der Waals surface area contributed by atoms with E-state index in [4.69, 9.17) is 0 Å². The number of carbonyl (C=O) groups is 1. The van der Waals surface area contributed by atoms with Crippen molar-refractivity contribution in [3.05, 3.63) is 63.0 Å². The van der Waals surface area contributed by atoms with Crippen molar-refractivity contribution in [2.24, 2.45) is 0 Å². The molecular weight excluding hydrogens is 334 g/mol. The Morgan fingerprint density at radius 3 is 2.64 bits per heavy atom. The van der Waals surface area contributed by atoms with E-state index in [1.54, 1.807) is 10.9 Å². The highest BCUT2D eigenvalue weighted by Crippen LogP contribution is 2.29. The number of aromatic nitrogens is 2. The summed E-state index contributed by atoms with van der Waals surface area (Å²) >= 11 is 1.33. The summed E-state index contributed by atoms with van der Waals surface area (Å²) in [6.07, 6.45) is 3.69. The van der Waals surface area contributed by atoms with Gasteiger partial charge in [0.25, 0.3) is 11.5 Å². The molecule has 0 saturated carbocycles. The molecule has 5 nitrogen and oxygen atoms in total. The van der Waals surface area contributed by atoms with E-state index < -0.39 is 0 Å². The highest BCUT2D eigenvalue weighted by Gasteiger charge is 2.25. The van der Waals surface area contributed by atoms with E-state index in [-0.39, 0.29) is 11.5 Å². The number of carbonyl (C=O) groups excluding carboxylic acids is 1. The molecule has 4 rings (SSSR count). The zero-order chi connectivity index (χ0) is 17.4. The van der Waals surface area contributed by atoms with Crippen LogP contribution < -0.4 is 5.56 Å². The van der Waals surface area contributed by atoms with Gasteiger partial charge in [-0.2, -0.15) is 0 Å². The van der Waals surface area contributed by atoms with Crippen molar-refractivity contribution < 1.29 is 4.79 Å². The van der Waals surface area contributed by atoms with Crippen LogP contribution in [0.5, 0.6) is 0 Å². The topological polar surface area (TPSA) is 55.2 Å². The molecule has 128 valence electrons. The first-order valence-electron chi connectivity index (χ1n) is 8.47. The molecule has 3 heterocycles. The Morgan fingerprint density at radius 1 is 1.20 bits per heavy atom. The Kier molecular flexibility index (Phi) is 4.13. The summed E-state index contributed by atoms with van der Waals surface area (Å²) < 4.78 is 1.61. The minimum Gasteiger partial charge on any atom is -0.338 e. The molecule has 0 spiro atoms. The lowest BCUT2D eigenvalue weighted by atomic mass is 10.2. The lowest BCUT2D eigenvalue weighted by Crippen LogP contribution is -2.27. The average molecular weight is 353 g/mol. The minimum atomic E-state index is -0.0805. The molecule has 1 aliphatic heterocycles. The van der Waals surface area contributed by atoms with Gasteiger partial charge in [-0.25, -0.2) is 4.98 Å². The van der Waals surface area contributed by atoms with Gasteiger partial charge >= 0.3 is 0 Å². The van der Waals surface area contributed by atoms with Gasteiger partial charge in [0.05, 0.1) is 23.1 Å². The van der Waals surface area contributed by atoms with Gasteiger partial charge in [-0.3, -0.25) is 14.2 Å². The number of amides is 1. The molecule has 3 aromatic rings. The first-order valence-corrected chi connectivity index (χ1v) is 9.28. The number of benzene rings is 1. The summed E-state index contributed by atoms with van der Waals surface area (Å²) in [5.74, 6) is 0.0343. The number of thiophene rings is 1. The third-order valence-corrected chi connectivity index (χ3v) is 5.89. The normalized spacial score (nSPS) is 14.4. The lowest BCUT2D eigenvalue weighted by Gasteiger charge is -2.14. The maximum Gasteiger partial charge on any atom is 0.264 e. The van der Waals surface area contributed by atoms with E-state index >= 15 is 0 Å². The van der Waals surface area contributed by atoms with E-state index in [1.165, 1.54) is 11.3 Å². The van der Waals surface area contributed by atoms with Gasteiger partial charge < -0.3 is 4.90 Å². The molecule has 1 amide bonds. The molecule has 0 unspecified atom stereocenters. The fourth-order valence-corrected chi connectivity index (χ4v) is 4.43. The first kappa shape index (κ1) is 16.0. The van der Waals surface area contributed by atoms with E-state index in [2.05, 4.69) is 4.98 Å². The minimum absolute atomic E-state index is 0.0343. The molecule has 1 saturated heterocycles. The highest BCUT2D eigenvalue weighted by atomic mass is 32.1. The van der Waals surface area contributed by atoms with Crippen molar-refractivity contribution in [1.29, 1.82) is 0 Å². The molecule has 1 fully saturated rings.